The Labute approximate surface area is 88.2 Å². The molecule has 1 aromatic heterocycles. The summed E-state index contributed by atoms with van der Waals surface area (Å²) in [7, 11) is 0. The molecule has 0 saturated carbocycles. The van der Waals surface area contributed by atoms with Crippen LogP contribution in [0.4, 0.5) is 0 Å². The first-order valence-electron chi connectivity index (χ1n) is 4.93. The lowest BCUT2D eigenvalue weighted by atomic mass is 10.2. The lowest BCUT2D eigenvalue weighted by Crippen LogP contribution is -1.88. The fraction of sp³-hybridized carbons (Fsp3) is 0.167. The van der Waals surface area contributed by atoms with Crippen LogP contribution in [0.1, 0.15) is 12.2 Å². The molecular weight excluding hydrogens is 188 g/mol. The Morgan fingerprint density at radius 1 is 1.27 bits per heavy atom. The summed E-state index contributed by atoms with van der Waals surface area (Å²) >= 11 is 0. The van der Waals surface area contributed by atoms with Gasteiger partial charge in [-0.05, 0) is 5.56 Å². The van der Waals surface area contributed by atoms with Gasteiger partial charge in [0.1, 0.15) is 12.1 Å². The number of carbonyl (C=O) groups excluding carboxylic acids is 1. The van der Waals surface area contributed by atoms with E-state index in [2.05, 4.69) is 9.97 Å². The first kappa shape index (κ1) is 9.65. The summed E-state index contributed by atoms with van der Waals surface area (Å²) in [5.74, 6) is 0.862. The molecule has 0 spiro atoms. The van der Waals surface area contributed by atoms with E-state index < -0.39 is 0 Å². The molecule has 2 aromatic rings. The zero-order valence-corrected chi connectivity index (χ0v) is 8.31. The Bertz CT molecular complexity index is 434. The predicted molar refractivity (Wildman–Crippen MR) is 58.4 cm³/mol. The average molecular weight is 200 g/mol. The van der Waals surface area contributed by atoms with Crippen molar-refractivity contribution >= 4 is 6.29 Å². The summed E-state index contributed by atoms with van der Waals surface area (Å²) in [6, 6.07) is 10.0. The third kappa shape index (κ3) is 2.31. The fourth-order valence-electron chi connectivity index (χ4n) is 1.45. The van der Waals surface area contributed by atoms with Crippen LogP contribution in [-0.2, 0) is 11.2 Å². The van der Waals surface area contributed by atoms with E-state index in [1.807, 2.05) is 30.3 Å². The van der Waals surface area contributed by atoms with Crippen molar-refractivity contribution in [2.75, 3.05) is 0 Å². The van der Waals surface area contributed by atoms with Gasteiger partial charge in [-0.2, -0.15) is 0 Å². The van der Waals surface area contributed by atoms with Crippen molar-refractivity contribution in [3.63, 3.8) is 0 Å². The number of imidazole rings is 1. The molecule has 76 valence electrons. The van der Waals surface area contributed by atoms with Crippen molar-refractivity contribution in [2.24, 2.45) is 0 Å². The van der Waals surface area contributed by atoms with E-state index in [-0.39, 0.29) is 0 Å². The molecule has 15 heavy (non-hydrogen) atoms. The Kier molecular flexibility index (Phi) is 2.93. The summed E-state index contributed by atoms with van der Waals surface area (Å²) in [6.45, 7) is 0. The van der Waals surface area contributed by atoms with Gasteiger partial charge < -0.3 is 9.78 Å². The molecule has 0 aliphatic heterocycles. The highest BCUT2D eigenvalue weighted by molar-refractivity contribution is 5.58. The Morgan fingerprint density at radius 2 is 2.07 bits per heavy atom. The van der Waals surface area contributed by atoms with Gasteiger partial charge in [-0.1, -0.05) is 30.3 Å². The van der Waals surface area contributed by atoms with E-state index in [4.69, 9.17) is 0 Å². The van der Waals surface area contributed by atoms with Crippen LogP contribution < -0.4 is 0 Å². The average Bonchev–Trinajstić information content (AvgIpc) is 2.76. The van der Waals surface area contributed by atoms with E-state index in [1.54, 1.807) is 6.20 Å². The summed E-state index contributed by atoms with van der Waals surface area (Å²) in [6.07, 6.45) is 3.90. The minimum Gasteiger partial charge on any atom is -0.342 e. The number of hydrogen-bond acceptors (Lipinski definition) is 2. The minimum absolute atomic E-state index is 0.516. The number of aryl methyl sites for hydroxylation is 1. The third-order valence-corrected chi connectivity index (χ3v) is 2.21. The number of benzene rings is 1. The van der Waals surface area contributed by atoms with Crippen LogP contribution in [0, 0.1) is 0 Å². The maximum atomic E-state index is 10.2. The zero-order chi connectivity index (χ0) is 10.5. The molecule has 0 atom stereocenters. The molecule has 0 aliphatic carbocycles. The van der Waals surface area contributed by atoms with Crippen molar-refractivity contribution in [3.05, 3.63) is 42.4 Å². The van der Waals surface area contributed by atoms with Gasteiger partial charge in [0, 0.05) is 12.8 Å². The van der Waals surface area contributed by atoms with Crippen LogP contribution >= 0.6 is 0 Å². The molecule has 0 unspecified atom stereocenters. The number of nitrogens with one attached hydrogen (secondary N) is 1. The van der Waals surface area contributed by atoms with Crippen LogP contribution in [0.15, 0.2) is 36.5 Å². The van der Waals surface area contributed by atoms with Crippen molar-refractivity contribution in [2.45, 2.75) is 12.8 Å². The fourth-order valence-corrected chi connectivity index (χ4v) is 1.45. The minimum atomic E-state index is 0.516. The first-order valence-corrected chi connectivity index (χ1v) is 4.93. The second-order valence-corrected chi connectivity index (χ2v) is 3.31. The number of H-pyrrole nitrogens is 1. The number of aldehydes is 1. The highest BCUT2D eigenvalue weighted by atomic mass is 16.1. The van der Waals surface area contributed by atoms with E-state index in [0.29, 0.717) is 12.8 Å². The summed E-state index contributed by atoms with van der Waals surface area (Å²) in [5, 5.41) is 0. The van der Waals surface area contributed by atoms with E-state index in [1.165, 1.54) is 0 Å². The third-order valence-electron chi connectivity index (χ3n) is 2.21. The molecular formula is C12H12N2O. The Balaban J connectivity index is 2.17. The van der Waals surface area contributed by atoms with Gasteiger partial charge in [0.15, 0.2) is 0 Å². The SMILES string of the molecule is O=CCCc1ncc(-c2ccccc2)[nH]1. The number of aromatic nitrogens is 2. The highest BCUT2D eigenvalue weighted by Crippen LogP contribution is 2.16. The molecule has 0 bridgehead atoms. The summed E-state index contributed by atoms with van der Waals surface area (Å²) in [4.78, 5) is 17.6. The van der Waals surface area contributed by atoms with E-state index >= 15 is 0 Å². The lowest BCUT2D eigenvalue weighted by molar-refractivity contribution is -0.107. The van der Waals surface area contributed by atoms with Gasteiger partial charge in [0.05, 0.1) is 11.9 Å². The largest absolute Gasteiger partial charge is 0.342 e. The maximum absolute atomic E-state index is 10.2. The standard InChI is InChI=1S/C12H12N2O/c15-8-4-7-12-13-9-11(14-12)10-5-2-1-3-6-10/h1-3,5-6,8-9H,4,7H2,(H,13,14). The Morgan fingerprint density at radius 3 is 2.80 bits per heavy atom. The number of nitrogens with zero attached hydrogens (tertiary/aromatic N) is 1. The molecule has 0 aliphatic rings. The van der Waals surface area contributed by atoms with Gasteiger partial charge in [-0.25, -0.2) is 4.98 Å². The number of hydrogen-bond donors (Lipinski definition) is 1. The van der Waals surface area contributed by atoms with Crippen molar-refractivity contribution in [1.82, 2.24) is 9.97 Å². The monoisotopic (exact) mass is 200 g/mol. The number of aromatic amines is 1. The smallest absolute Gasteiger partial charge is 0.120 e. The molecule has 0 radical (unpaired) electrons. The van der Waals surface area contributed by atoms with Crippen LogP contribution in [0.2, 0.25) is 0 Å². The lowest BCUT2D eigenvalue weighted by Gasteiger charge is -1.95. The number of carbonyl (C=O) groups is 1. The predicted octanol–water partition coefficient (Wildman–Crippen LogP) is 2.21. The molecule has 0 amide bonds. The quantitative estimate of drug-likeness (QED) is 0.769. The molecule has 1 aromatic carbocycles. The molecule has 1 heterocycles. The Hall–Kier alpha value is -1.90. The van der Waals surface area contributed by atoms with Gasteiger partial charge in [0.25, 0.3) is 0 Å². The second kappa shape index (κ2) is 4.55. The van der Waals surface area contributed by atoms with Gasteiger partial charge >= 0.3 is 0 Å². The van der Waals surface area contributed by atoms with Crippen LogP contribution in [0.25, 0.3) is 11.3 Å². The molecule has 3 heteroatoms. The zero-order valence-electron chi connectivity index (χ0n) is 8.31. The highest BCUT2D eigenvalue weighted by Gasteiger charge is 2.01. The van der Waals surface area contributed by atoms with Gasteiger partial charge in [-0.15, -0.1) is 0 Å². The molecule has 1 N–H and O–H groups in total. The number of rotatable bonds is 4. The van der Waals surface area contributed by atoms with Crippen LogP contribution in [0.5, 0.6) is 0 Å². The van der Waals surface area contributed by atoms with Gasteiger partial charge in [-0.3, -0.25) is 0 Å². The molecule has 0 fully saturated rings. The second-order valence-electron chi connectivity index (χ2n) is 3.31. The van der Waals surface area contributed by atoms with Gasteiger partial charge in [0.2, 0.25) is 0 Å². The summed E-state index contributed by atoms with van der Waals surface area (Å²) < 4.78 is 0. The first-order chi connectivity index (χ1) is 7.40. The van der Waals surface area contributed by atoms with Crippen molar-refractivity contribution < 1.29 is 4.79 Å². The van der Waals surface area contributed by atoms with E-state index in [0.717, 1.165) is 23.4 Å². The maximum Gasteiger partial charge on any atom is 0.120 e. The normalized spacial score (nSPS) is 10.1. The molecule has 2 rings (SSSR count). The molecule has 3 nitrogen and oxygen atoms in total. The topological polar surface area (TPSA) is 45.8 Å². The van der Waals surface area contributed by atoms with Crippen molar-refractivity contribution in [3.8, 4) is 11.3 Å². The van der Waals surface area contributed by atoms with Crippen LogP contribution in [-0.4, -0.2) is 16.3 Å². The van der Waals surface area contributed by atoms with E-state index in [9.17, 15) is 4.79 Å². The van der Waals surface area contributed by atoms with Crippen LogP contribution in [0.3, 0.4) is 0 Å². The molecule has 0 saturated heterocycles. The van der Waals surface area contributed by atoms with Crippen molar-refractivity contribution in [1.29, 1.82) is 0 Å². The summed E-state index contributed by atoms with van der Waals surface area (Å²) in [5.41, 5.74) is 2.11.